The fourth-order valence-electron chi connectivity index (χ4n) is 1.93. The number of nitrogens with zero attached hydrogens (tertiary/aromatic N) is 1. The molecule has 0 aliphatic rings. The third kappa shape index (κ3) is 5.11. The number of anilines is 2. The molecule has 23 heavy (non-hydrogen) atoms. The summed E-state index contributed by atoms with van der Waals surface area (Å²) in [5.74, 6) is -0.621. The largest absolute Gasteiger partial charge is 0.380 e. The van der Waals surface area contributed by atoms with Crippen molar-refractivity contribution in [2.24, 2.45) is 5.73 Å². The van der Waals surface area contributed by atoms with Gasteiger partial charge in [-0.1, -0.05) is 23.7 Å². The third-order valence-electron chi connectivity index (χ3n) is 2.85. The van der Waals surface area contributed by atoms with Crippen LogP contribution >= 0.6 is 11.6 Å². The summed E-state index contributed by atoms with van der Waals surface area (Å²) in [6, 6.07) is 8.36. The van der Waals surface area contributed by atoms with Crippen LogP contribution in [0.1, 0.15) is 15.9 Å². The molecule has 0 bridgehead atoms. The van der Waals surface area contributed by atoms with Gasteiger partial charge in [0.2, 0.25) is 10.0 Å². The Morgan fingerprint density at radius 2 is 2.09 bits per heavy atom. The molecule has 0 fully saturated rings. The van der Waals surface area contributed by atoms with E-state index < -0.39 is 15.9 Å². The van der Waals surface area contributed by atoms with Gasteiger partial charge in [0.1, 0.15) is 5.15 Å². The van der Waals surface area contributed by atoms with Crippen molar-refractivity contribution in [3.8, 4) is 0 Å². The Kier molecular flexibility index (Phi) is 5.07. The van der Waals surface area contributed by atoms with Crippen LogP contribution in [0.5, 0.6) is 0 Å². The number of halogens is 1. The number of rotatable bonds is 6. The molecule has 2 rings (SSSR count). The Bertz CT molecular complexity index is 840. The van der Waals surface area contributed by atoms with E-state index in [1.807, 2.05) is 6.07 Å². The van der Waals surface area contributed by atoms with Gasteiger partial charge in [0.05, 0.1) is 17.5 Å². The molecule has 1 aromatic heterocycles. The lowest BCUT2D eigenvalue weighted by Crippen LogP contribution is -2.15. The zero-order chi connectivity index (χ0) is 17.0. The highest BCUT2D eigenvalue weighted by molar-refractivity contribution is 7.92. The molecule has 2 aromatic rings. The minimum atomic E-state index is -3.34. The number of carbonyl (C=O) groups is 1. The van der Waals surface area contributed by atoms with Gasteiger partial charge in [-0.05, 0) is 23.8 Å². The van der Waals surface area contributed by atoms with Crippen LogP contribution in [0.3, 0.4) is 0 Å². The number of amides is 1. The number of carbonyl (C=O) groups excluding carboxylic acids is 1. The number of benzene rings is 1. The monoisotopic (exact) mass is 354 g/mol. The lowest BCUT2D eigenvalue weighted by atomic mass is 10.2. The van der Waals surface area contributed by atoms with E-state index in [2.05, 4.69) is 15.0 Å². The molecule has 122 valence electrons. The normalized spacial score (nSPS) is 11.0. The fourth-order valence-corrected chi connectivity index (χ4v) is 2.64. The summed E-state index contributed by atoms with van der Waals surface area (Å²) in [7, 11) is -3.34. The molecule has 0 radical (unpaired) electrons. The minimum Gasteiger partial charge on any atom is -0.380 e. The summed E-state index contributed by atoms with van der Waals surface area (Å²) in [4.78, 5) is 15.2. The van der Waals surface area contributed by atoms with E-state index in [4.69, 9.17) is 17.3 Å². The topological polar surface area (TPSA) is 114 Å². The van der Waals surface area contributed by atoms with Crippen molar-refractivity contribution >= 4 is 38.9 Å². The van der Waals surface area contributed by atoms with E-state index >= 15 is 0 Å². The second-order valence-electron chi connectivity index (χ2n) is 4.85. The third-order valence-corrected chi connectivity index (χ3v) is 3.66. The summed E-state index contributed by atoms with van der Waals surface area (Å²) in [6.45, 7) is 0.347. The zero-order valence-electron chi connectivity index (χ0n) is 12.2. The van der Waals surface area contributed by atoms with Gasteiger partial charge in [0, 0.05) is 18.4 Å². The number of aromatic nitrogens is 1. The molecule has 0 atom stereocenters. The minimum absolute atomic E-state index is 0.222. The summed E-state index contributed by atoms with van der Waals surface area (Å²) < 4.78 is 24.9. The predicted molar refractivity (Wildman–Crippen MR) is 90.0 cm³/mol. The summed E-state index contributed by atoms with van der Waals surface area (Å²) in [5, 5.41) is 3.27. The average molecular weight is 355 g/mol. The van der Waals surface area contributed by atoms with Crippen LogP contribution in [0, 0.1) is 0 Å². The molecule has 0 saturated heterocycles. The Labute approximate surface area is 138 Å². The number of pyridine rings is 1. The standard InChI is InChI=1S/C14H15ClN4O3S/c1-23(21,22)19-10-4-2-3-9(5-10)7-17-12-6-13(15)18-8-11(12)14(16)20/h2-6,8,19H,7H2,1H3,(H2,16,20)(H,17,18). The van der Waals surface area contributed by atoms with Crippen molar-refractivity contribution in [3.05, 3.63) is 52.8 Å². The first kappa shape index (κ1) is 17.0. The lowest BCUT2D eigenvalue weighted by molar-refractivity contribution is 0.100. The Morgan fingerprint density at radius 3 is 2.74 bits per heavy atom. The van der Waals surface area contributed by atoms with Crippen LogP contribution in [0.2, 0.25) is 5.15 Å². The van der Waals surface area contributed by atoms with Crippen LogP contribution < -0.4 is 15.8 Å². The Balaban J connectivity index is 2.17. The van der Waals surface area contributed by atoms with Gasteiger partial charge in [-0.25, -0.2) is 13.4 Å². The maximum absolute atomic E-state index is 11.4. The second-order valence-corrected chi connectivity index (χ2v) is 6.98. The van der Waals surface area contributed by atoms with Crippen molar-refractivity contribution < 1.29 is 13.2 Å². The SMILES string of the molecule is CS(=O)(=O)Nc1cccc(CNc2cc(Cl)ncc2C(N)=O)c1. The first-order valence-corrected chi connectivity index (χ1v) is 8.77. The van der Waals surface area contributed by atoms with Gasteiger partial charge < -0.3 is 11.1 Å². The van der Waals surface area contributed by atoms with Gasteiger partial charge in [-0.3, -0.25) is 9.52 Å². The van der Waals surface area contributed by atoms with Gasteiger partial charge >= 0.3 is 0 Å². The van der Waals surface area contributed by atoms with E-state index in [1.165, 1.54) is 12.3 Å². The second kappa shape index (κ2) is 6.84. The number of nitrogens with one attached hydrogen (secondary N) is 2. The molecule has 7 nitrogen and oxygen atoms in total. The van der Waals surface area contributed by atoms with Gasteiger partial charge in [0.25, 0.3) is 5.91 Å². The van der Waals surface area contributed by atoms with E-state index in [0.717, 1.165) is 11.8 Å². The molecular formula is C14H15ClN4O3S. The van der Waals surface area contributed by atoms with Crippen molar-refractivity contribution in [3.63, 3.8) is 0 Å². The highest BCUT2D eigenvalue weighted by atomic mass is 35.5. The Morgan fingerprint density at radius 1 is 1.35 bits per heavy atom. The molecule has 0 aliphatic heterocycles. The van der Waals surface area contributed by atoms with Crippen LogP contribution in [0.15, 0.2) is 36.5 Å². The van der Waals surface area contributed by atoms with Crippen molar-refractivity contribution in [2.45, 2.75) is 6.54 Å². The fraction of sp³-hybridized carbons (Fsp3) is 0.143. The van der Waals surface area contributed by atoms with Crippen LogP contribution in [-0.2, 0) is 16.6 Å². The molecule has 9 heteroatoms. The predicted octanol–water partition coefficient (Wildman–Crippen LogP) is 1.82. The summed E-state index contributed by atoms with van der Waals surface area (Å²) in [5.41, 5.74) is 7.23. The highest BCUT2D eigenvalue weighted by Crippen LogP contribution is 2.20. The quantitative estimate of drug-likeness (QED) is 0.684. The van der Waals surface area contributed by atoms with Crippen LogP contribution in [0.4, 0.5) is 11.4 Å². The van der Waals surface area contributed by atoms with E-state index in [9.17, 15) is 13.2 Å². The molecule has 4 N–H and O–H groups in total. The Hall–Kier alpha value is -2.32. The lowest BCUT2D eigenvalue weighted by Gasteiger charge is -2.11. The molecule has 1 amide bonds. The first-order chi connectivity index (χ1) is 10.7. The summed E-state index contributed by atoms with van der Waals surface area (Å²) in [6.07, 6.45) is 2.38. The molecule has 1 aromatic carbocycles. The number of sulfonamides is 1. The first-order valence-electron chi connectivity index (χ1n) is 6.50. The maximum atomic E-state index is 11.4. The number of nitrogens with two attached hydrogens (primary N) is 1. The van der Waals surface area contributed by atoms with Crippen molar-refractivity contribution in [1.82, 2.24) is 4.98 Å². The smallest absolute Gasteiger partial charge is 0.252 e. The van der Waals surface area contributed by atoms with Crippen LogP contribution in [0.25, 0.3) is 0 Å². The van der Waals surface area contributed by atoms with Gasteiger partial charge in [-0.15, -0.1) is 0 Å². The van der Waals surface area contributed by atoms with E-state index in [0.29, 0.717) is 17.9 Å². The molecular weight excluding hydrogens is 340 g/mol. The zero-order valence-corrected chi connectivity index (χ0v) is 13.8. The number of primary amides is 1. The van der Waals surface area contributed by atoms with Crippen molar-refractivity contribution in [1.29, 1.82) is 0 Å². The van der Waals surface area contributed by atoms with Crippen molar-refractivity contribution in [2.75, 3.05) is 16.3 Å². The van der Waals surface area contributed by atoms with E-state index in [1.54, 1.807) is 18.2 Å². The molecule has 0 unspecified atom stereocenters. The van der Waals surface area contributed by atoms with Gasteiger partial charge in [0.15, 0.2) is 0 Å². The van der Waals surface area contributed by atoms with Gasteiger partial charge in [-0.2, -0.15) is 0 Å². The average Bonchev–Trinajstić information content (AvgIpc) is 2.43. The van der Waals surface area contributed by atoms with Crippen LogP contribution in [-0.4, -0.2) is 25.6 Å². The number of hydrogen-bond donors (Lipinski definition) is 3. The molecule has 0 saturated carbocycles. The van der Waals surface area contributed by atoms with E-state index in [-0.39, 0.29) is 10.7 Å². The molecule has 0 aliphatic carbocycles. The molecule has 0 spiro atoms. The number of hydrogen-bond acceptors (Lipinski definition) is 5. The highest BCUT2D eigenvalue weighted by Gasteiger charge is 2.10. The molecule has 1 heterocycles. The summed E-state index contributed by atoms with van der Waals surface area (Å²) >= 11 is 5.82. The maximum Gasteiger partial charge on any atom is 0.252 e.